The van der Waals surface area contributed by atoms with Gasteiger partial charge < -0.3 is 0 Å². The Morgan fingerprint density at radius 1 is 1.22 bits per heavy atom. The minimum atomic E-state index is -0.200. The zero-order chi connectivity index (χ0) is 7.49. The second-order valence-corrected chi connectivity index (χ2v) is 11.2. The summed E-state index contributed by atoms with van der Waals surface area (Å²) >= 11 is -0.200. The monoisotopic (exact) mass is 178 g/mol. The van der Waals surface area contributed by atoms with Gasteiger partial charge in [-0.2, -0.15) is 0 Å². The quantitative estimate of drug-likeness (QED) is 0.571. The van der Waals surface area contributed by atoms with Crippen LogP contribution in [0.3, 0.4) is 0 Å². The van der Waals surface area contributed by atoms with Gasteiger partial charge in [0.2, 0.25) is 0 Å². The third kappa shape index (κ3) is 8.62. The van der Waals surface area contributed by atoms with Crippen LogP contribution in [-0.2, 0) is 17.1 Å². The van der Waals surface area contributed by atoms with Crippen LogP contribution < -0.4 is 0 Å². The molecule has 0 rings (SSSR count). The van der Waals surface area contributed by atoms with Crippen molar-refractivity contribution < 1.29 is 17.1 Å². The van der Waals surface area contributed by atoms with Crippen molar-refractivity contribution in [2.75, 3.05) is 0 Å². The molecule has 0 radical (unpaired) electrons. The van der Waals surface area contributed by atoms with Gasteiger partial charge >= 0.3 is 66.7 Å². The first-order chi connectivity index (χ1) is 3.92. The van der Waals surface area contributed by atoms with Gasteiger partial charge in [-0.25, -0.2) is 0 Å². The van der Waals surface area contributed by atoms with E-state index in [-0.39, 0.29) is 17.1 Å². The van der Waals surface area contributed by atoms with Crippen LogP contribution in [0.25, 0.3) is 0 Å². The van der Waals surface area contributed by atoms with E-state index < -0.39 is 0 Å². The summed E-state index contributed by atoms with van der Waals surface area (Å²) in [5.74, 6) is 0.948. The van der Waals surface area contributed by atoms with Crippen LogP contribution in [-0.4, -0.2) is 0 Å². The molecule has 0 aromatic carbocycles. The Hall–Kier alpha value is 0.623. The molecule has 0 N–H and O–H groups in total. The van der Waals surface area contributed by atoms with Crippen LogP contribution >= 0.6 is 0 Å². The van der Waals surface area contributed by atoms with E-state index in [1.807, 2.05) is 0 Å². The summed E-state index contributed by atoms with van der Waals surface area (Å²) in [6.45, 7) is 11.8. The summed E-state index contributed by atoms with van der Waals surface area (Å²) < 4.78 is 0.720. The Balaban J connectivity index is 3.28. The van der Waals surface area contributed by atoms with Gasteiger partial charge in [0.15, 0.2) is 0 Å². The zero-order valence-corrected chi connectivity index (χ0v) is 10.5. The first kappa shape index (κ1) is 9.62. The Bertz CT molecular complexity index is 69.1. The van der Waals surface area contributed by atoms with Crippen molar-refractivity contribution >= 4 is 0 Å². The van der Waals surface area contributed by atoms with E-state index in [0.29, 0.717) is 0 Å². The maximum atomic E-state index is 2.38. The number of hydrogen-bond donors (Lipinski definition) is 0. The maximum absolute atomic E-state index is 2.38. The molecule has 0 unspecified atom stereocenters. The van der Waals surface area contributed by atoms with Crippen molar-refractivity contribution in [1.82, 2.24) is 0 Å². The fraction of sp³-hybridized carbons (Fsp3) is 1.00. The number of rotatable bonds is 2. The van der Waals surface area contributed by atoms with Crippen LogP contribution in [0.15, 0.2) is 0 Å². The first-order valence-electron chi connectivity index (χ1n) is 3.92. The van der Waals surface area contributed by atoms with Crippen LogP contribution in [0.2, 0.25) is 9.02 Å². The zero-order valence-electron chi connectivity index (χ0n) is 7.49. The summed E-state index contributed by atoms with van der Waals surface area (Å²) in [5.41, 5.74) is 0. The van der Waals surface area contributed by atoms with E-state index in [1.54, 1.807) is 5.02 Å². The molecule has 0 aromatic heterocycles. The van der Waals surface area contributed by atoms with Gasteiger partial charge in [-0.1, -0.05) is 0 Å². The molecule has 0 fully saturated rings. The topological polar surface area (TPSA) is 0 Å². The van der Waals surface area contributed by atoms with Crippen molar-refractivity contribution in [3.8, 4) is 0 Å². The molecule has 1 heteroatoms. The normalized spacial score (nSPS) is 11.8. The second kappa shape index (κ2) is 3.71. The molecule has 0 aliphatic carbocycles. The van der Waals surface area contributed by atoms with Crippen LogP contribution in [0.4, 0.5) is 0 Å². The van der Waals surface area contributed by atoms with Crippen molar-refractivity contribution in [3.05, 3.63) is 0 Å². The molecule has 9 heavy (non-hydrogen) atoms. The van der Waals surface area contributed by atoms with E-state index in [2.05, 4.69) is 34.6 Å². The van der Waals surface area contributed by atoms with Crippen molar-refractivity contribution in [3.63, 3.8) is 0 Å². The molecular formula is C8H18Zn. The molecule has 0 amide bonds. The fourth-order valence-corrected chi connectivity index (χ4v) is 3.75. The molecule has 0 aromatic rings. The van der Waals surface area contributed by atoms with Crippen LogP contribution in [0.1, 0.15) is 34.6 Å². The predicted octanol–water partition coefficient (Wildman–Crippen LogP) is 3.36. The molecular weight excluding hydrogens is 161 g/mol. The third-order valence-electron chi connectivity index (χ3n) is 1.47. The second-order valence-electron chi connectivity index (χ2n) is 4.49. The molecule has 0 spiro atoms. The van der Waals surface area contributed by atoms with Crippen molar-refractivity contribution in [2.45, 2.75) is 43.6 Å². The average molecular weight is 180 g/mol. The molecule has 0 saturated heterocycles. The van der Waals surface area contributed by atoms with E-state index in [9.17, 15) is 0 Å². The van der Waals surface area contributed by atoms with Gasteiger partial charge in [-0.15, -0.1) is 0 Å². The van der Waals surface area contributed by atoms with E-state index in [0.717, 1.165) is 9.93 Å². The SMILES string of the molecule is CC(C)[CH2][Zn][C](C)(C)C. The Labute approximate surface area is 67.0 Å². The third-order valence-corrected chi connectivity index (χ3v) is 7.65. The predicted molar refractivity (Wildman–Crippen MR) is 39.4 cm³/mol. The van der Waals surface area contributed by atoms with Crippen LogP contribution in [0, 0.1) is 5.92 Å². The number of hydrogen-bond acceptors (Lipinski definition) is 0. The molecule has 0 aliphatic heterocycles. The molecule has 0 atom stereocenters. The summed E-state index contributed by atoms with van der Waals surface area (Å²) in [6.07, 6.45) is 0. The Morgan fingerprint density at radius 3 is 1.78 bits per heavy atom. The van der Waals surface area contributed by atoms with Gasteiger partial charge in [0.1, 0.15) is 0 Å². The fourth-order valence-electron chi connectivity index (χ4n) is 0.722. The van der Waals surface area contributed by atoms with E-state index in [4.69, 9.17) is 0 Å². The summed E-state index contributed by atoms with van der Waals surface area (Å²) in [4.78, 5) is 0. The van der Waals surface area contributed by atoms with Crippen LogP contribution in [0.5, 0.6) is 0 Å². The molecule has 0 bridgehead atoms. The summed E-state index contributed by atoms with van der Waals surface area (Å²) in [5, 5.41) is 1.55. The van der Waals surface area contributed by atoms with Crippen molar-refractivity contribution in [1.29, 1.82) is 0 Å². The van der Waals surface area contributed by atoms with Gasteiger partial charge in [0.25, 0.3) is 0 Å². The minimum absolute atomic E-state index is 0.200. The summed E-state index contributed by atoms with van der Waals surface area (Å²) in [6, 6.07) is 0. The van der Waals surface area contributed by atoms with E-state index >= 15 is 0 Å². The van der Waals surface area contributed by atoms with Crippen molar-refractivity contribution in [2.24, 2.45) is 5.92 Å². The van der Waals surface area contributed by atoms with E-state index in [1.165, 1.54) is 0 Å². The molecule has 52 valence electrons. The van der Waals surface area contributed by atoms with Gasteiger partial charge in [0.05, 0.1) is 0 Å². The Kier molecular flexibility index (Phi) is 3.97. The van der Waals surface area contributed by atoms with Gasteiger partial charge in [-0.3, -0.25) is 0 Å². The molecule has 0 aliphatic rings. The standard InChI is InChI=1S/2C4H9.Zn/c2*1-4(2)3;/h1-3H3;4H,1H2,2-3H3;. The molecule has 0 saturated carbocycles. The molecule has 0 nitrogen and oxygen atoms in total. The molecule has 0 heterocycles. The summed E-state index contributed by atoms with van der Waals surface area (Å²) in [7, 11) is 0. The first-order valence-corrected chi connectivity index (χ1v) is 7.50. The van der Waals surface area contributed by atoms with Gasteiger partial charge in [0, 0.05) is 0 Å². The van der Waals surface area contributed by atoms with Gasteiger partial charge in [-0.05, 0) is 0 Å². The average Bonchev–Trinajstić information content (AvgIpc) is 1.59. The Morgan fingerprint density at radius 2 is 1.67 bits per heavy atom.